The molecule has 0 unspecified atom stereocenters. The van der Waals surface area contributed by atoms with Gasteiger partial charge in [-0.3, -0.25) is 0 Å². The maximum Gasteiger partial charge on any atom is 0.372 e. The predicted molar refractivity (Wildman–Crippen MR) is 60.9 cm³/mol. The maximum atomic E-state index is 10.8. The SMILES string of the molecule is O=C(O)c1occc1CNCCOCC1CC1. The Morgan fingerprint density at radius 1 is 1.59 bits per heavy atom. The van der Waals surface area contributed by atoms with Gasteiger partial charge in [0.15, 0.2) is 0 Å². The summed E-state index contributed by atoms with van der Waals surface area (Å²) in [7, 11) is 0. The Morgan fingerprint density at radius 3 is 3.12 bits per heavy atom. The zero-order valence-corrected chi connectivity index (χ0v) is 9.65. The quantitative estimate of drug-likeness (QED) is 0.672. The molecule has 0 radical (unpaired) electrons. The Balaban J connectivity index is 1.60. The minimum absolute atomic E-state index is 0.0106. The molecular weight excluding hydrogens is 222 g/mol. The Labute approximate surface area is 99.8 Å². The fraction of sp³-hybridized carbons (Fsp3) is 0.583. The number of furan rings is 1. The highest BCUT2D eigenvalue weighted by Crippen LogP contribution is 2.28. The average Bonchev–Trinajstić information content (AvgIpc) is 2.99. The molecule has 0 amide bonds. The molecule has 5 nitrogen and oxygen atoms in total. The van der Waals surface area contributed by atoms with Crippen LogP contribution in [0.2, 0.25) is 0 Å². The van der Waals surface area contributed by atoms with Crippen molar-refractivity contribution in [2.45, 2.75) is 19.4 Å². The highest BCUT2D eigenvalue weighted by Gasteiger charge is 2.20. The summed E-state index contributed by atoms with van der Waals surface area (Å²) in [6, 6.07) is 1.67. The van der Waals surface area contributed by atoms with E-state index in [1.165, 1.54) is 19.1 Å². The summed E-state index contributed by atoms with van der Waals surface area (Å²) in [6.45, 7) is 2.73. The Morgan fingerprint density at radius 2 is 2.41 bits per heavy atom. The average molecular weight is 239 g/mol. The number of carbonyl (C=O) groups is 1. The molecule has 1 saturated carbocycles. The molecule has 0 aliphatic heterocycles. The molecule has 2 N–H and O–H groups in total. The van der Waals surface area contributed by atoms with Crippen LogP contribution in [0.3, 0.4) is 0 Å². The Kier molecular flexibility index (Phi) is 4.17. The van der Waals surface area contributed by atoms with Crippen LogP contribution in [-0.2, 0) is 11.3 Å². The molecule has 0 bridgehead atoms. The summed E-state index contributed by atoms with van der Waals surface area (Å²) in [4.78, 5) is 10.8. The third-order valence-electron chi connectivity index (χ3n) is 2.73. The predicted octanol–water partition coefficient (Wildman–Crippen LogP) is 1.49. The highest BCUT2D eigenvalue weighted by molar-refractivity contribution is 5.86. The first-order valence-electron chi connectivity index (χ1n) is 5.85. The van der Waals surface area contributed by atoms with Crippen molar-refractivity contribution < 1.29 is 19.1 Å². The van der Waals surface area contributed by atoms with Crippen molar-refractivity contribution in [3.05, 3.63) is 23.7 Å². The largest absolute Gasteiger partial charge is 0.475 e. The van der Waals surface area contributed by atoms with Gasteiger partial charge in [0.25, 0.3) is 0 Å². The normalized spacial score (nSPS) is 15.1. The van der Waals surface area contributed by atoms with Gasteiger partial charge in [-0.1, -0.05) is 0 Å². The standard InChI is InChI=1S/C12H17NO4/c14-12(15)11-10(3-5-17-11)7-13-4-6-16-8-9-1-2-9/h3,5,9,13H,1-2,4,6-8H2,(H,14,15). The zero-order chi connectivity index (χ0) is 12.1. The molecule has 1 aromatic heterocycles. The van der Waals surface area contributed by atoms with Crippen LogP contribution in [0.25, 0.3) is 0 Å². The number of aromatic carboxylic acids is 1. The van der Waals surface area contributed by atoms with E-state index >= 15 is 0 Å². The molecule has 2 rings (SSSR count). The van der Waals surface area contributed by atoms with Gasteiger partial charge in [-0.2, -0.15) is 0 Å². The van der Waals surface area contributed by atoms with E-state index in [1.807, 2.05) is 0 Å². The molecule has 1 fully saturated rings. The minimum Gasteiger partial charge on any atom is -0.475 e. The number of carboxylic acids is 1. The lowest BCUT2D eigenvalue weighted by Gasteiger charge is -2.05. The lowest BCUT2D eigenvalue weighted by molar-refractivity contribution is 0.0660. The monoisotopic (exact) mass is 239 g/mol. The van der Waals surface area contributed by atoms with Crippen LogP contribution >= 0.6 is 0 Å². The minimum atomic E-state index is -1.03. The van der Waals surface area contributed by atoms with Crippen LogP contribution in [0.1, 0.15) is 29.0 Å². The summed E-state index contributed by atoms with van der Waals surface area (Å²) < 4.78 is 10.3. The Hall–Kier alpha value is -1.33. The van der Waals surface area contributed by atoms with Gasteiger partial charge >= 0.3 is 5.97 Å². The van der Waals surface area contributed by atoms with E-state index in [9.17, 15) is 4.79 Å². The van der Waals surface area contributed by atoms with E-state index < -0.39 is 5.97 Å². The first kappa shape index (κ1) is 12.1. The molecule has 0 saturated heterocycles. The van der Waals surface area contributed by atoms with E-state index in [0.717, 1.165) is 19.1 Å². The fourth-order valence-corrected chi connectivity index (χ4v) is 1.56. The van der Waals surface area contributed by atoms with Crippen LogP contribution in [0.5, 0.6) is 0 Å². The van der Waals surface area contributed by atoms with E-state index in [0.29, 0.717) is 18.7 Å². The molecule has 1 aliphatic rings. The van der Waals surface area contributed by atoms with Gasteiger partial charge < -0.3 is 19.6 Å². The second-order valence-corrected chi connectivity index (χ2v) is 4.28. The number of hydrogen-bond acceptors (Lipinski definition) is 4. The maximum absolute atomic E-state index is 10.8. The van der Waals surface area contributed by atoms with Crippen molar-refractivity contribution in [3.8, 4) is 0 Å². The van der Waals surface area contributed by atoms with Crippen LogP contribution < -0.4 is 5.32 Å². The highest BCUT2D eigenvalue weighted by atomic mass is 16.5. The van der Waals surface area contributed by atoms with Gasteiger partial charge in [0.2, 0.25) is 5.76 Å². The van der Waals surface area contributed by atoms with E-state index in [1.54, 1.807) is 6.07 Å². The first-order chi connectivity index (χ1) is 8.27. The van der Waals surface area contributed by atoms with Crippen LogP contribution in [0, 0.1) is 5.92 Å². The fourth-order valence-electron chi connectivity index (χ4n) is 1.56. The Bertz CT molecular complexity index is 370. The van der Waals surface area contributed by atoms with Crippen molar-refractivity contribution in [1.82, 2.24) is 5.32 Å². The molecule has 0 aromatic carbocycles. The summed E-state index contributed by atoms with van der Waals surface area (Å²) in [6.07, 6.45) is 3.99. The van der Waals surface area contributed by atoms with Crippen molar-refractivity contribution in [2.24, 2.45) is 5.92 Å². The number of hydrogen-bond donors (Lipinski definition) is 2. The molecule has 0 spiro atoms. The summed E-state index contributed by atoms with van der Waals surface area (Å²) in [5.74, 6) is -0.240. The van der Waals surface area contributed by atoms with Gasteiger partial charge in [0.1, 0.15) is 0 Å². The number of carboxylic acid groups (broad SMARTS) is 1. The van der Waals surface area contributed by atoms with Gasteiger partial charge in [-0.15, -0.1) is 0 Å². The lowest BCUT2D eigenvalue weighted by atomic mass is 10.2. The van der Waals surface area contributed by atoms with Crippen LogP contribution in [-0.4, -0.2) is 30.8 Å². The lowest BCUT2D eigenvalue weighted by Crippen LogP contribution is -2.20. The summed E-state index contributed by atoms with van der Waals surface area (Å²) in [5.41, 5.74) is 0.666. The van der Waals surface area contributed by atoms with E-state index in [2.05, 4.69) is 5.32 Å². The van der Waals surface area contributed by atoms with Crippen molar-refractivity contribution in [2.75, 3.05) is 19.8 Å². The second kappa shape index (κ2) is 5.84. The van der Waals surface area contributed by atoms with E-state index in [-0.39, 0.29) is 5.76 Å². The van der Waals surface area contributed by atoms with Gasteiger partial charge in [-0.05, 0) is 24.8 Å². The number of rotatable bonds is 8. The van der Waals surface area contributed by atoms with Gasteiger partial charge in [-0.25, -0.2) is 4.79 Å². The van der Waals surface area contributed by atoms with Gasteiger partial charge in [0, 0.05) is 25.3 Å². The third kappa shape index (κ3) is 3.87. The van der Waals surface area contributed by atoms with Crippen molar-refractivity contribution in [1.29, 1.82) is 0 Å². The smallest absolute Gasteiger partial charge is 0.372 e. The first-order valence-corrected chi connectivity index (χ1v) is 5.85. The van der Waals surface area contributed by atoms with Crippen molar-refractivity contribution >= 4 is 5.97 Å². The van der Waals surface area contributed by atoms with Crippen molar-refractivity contribution in [3.63, 3.8) is 0 Å². The molecule has 17 heavy (non-hydrogen) atoms. The topological polar surface area (TPSA) is 71.7 Å². The summed E-state index contributed by atoms with van der Waals surface area (Å²) >= 11 is 0. The molecular formula is C12H17NO4. The zero-order valence-electron chi connectivity index (χ0n) is 9.65. The van der Waals surface area contributed by atoms with Gasteiger partial charge in [0.05, 0.1) is 12.9 Å². The number of ether oxygens (including phenoxy) is 1. The molecule has 5 heteroatoms. The molecule has 94 valence electrons. The molecule has 1 aromatic rings. The summed E-state index contributed by atoms with van der Waals surface area (Å²) in [5, 5.41) is 11.9. The number of nitrogens with one attached hydrogen (secondary N) is 1. The molecule has 1 heterocycles. The second-order valence-electron chi connectivity index (χ2n) is 4.28. The van der Waals surface area contributed by atoms with Crippen LogP contribution in [0.4, 0.5) is 0 Å². The molecule has 1 aliphatic carbocycles. The third-order valence-corrected chi connectivity index (χ3v) is 2.73. The van der Waals surface area contributed by atoms with Crippen LogP contribution in [0.15, 0.2) is 16.7 Å². The van der Waals surface area contributed by atoms with E-state index in [4.69, 9.17) is 14.3 Å². The molecule has 0 atom stereocenters.